The van der Waals surface area contributed by atoms with Crippen molar-refractivity contribution in [1.82, 2.24) is 4.90 Å². The fourth-order valence-corrected chi connectivity index (χ4v) is 4.70. The first-order valence-corrected chi connectivity index (χ1v) is 11.2. The fourth-order valence-electron chi connectivity index (χ4n) is 4.00. The molecule has 0 aliphatic carbocycles. The molecule has 5 heteroatoms. The first-order valence-electron chi connectivity index (χ1n) is 9.27. The highest BCUT2D eigenvalue weighted by Gasteiger charge is 2.22. The molecule has 2 heterocycles. The van der Waals surface area contributed by atoms with E-state index in [9.17, 15) is 4.21 Å². The number of hydrogen-bond donors (Lipinski definition) is 1. The summed E-state index contributed by atoms with van der Waals surface area (Å²) in [6, 6.07) is 12.9. The maximum absolute atomic E-state index is 12.1. The molecule has 26 heavy (non-hydrogen) atoms. The standard InChI is InChI=1S/C21H26N2O2S/c1-15(18-4-3-17-9-12-25-21(17)14-18)23-10-7-16-5-6-20(26(2,22)24)13-19(16)8-11-23/h3-6,13-15,22H,7-12H2,1-2H3. The summed E-state index contributed by atoms with van der Waals surface area (Å²) in [6.07, 6.45) is 4.44. The third-order valence-corrected chi connectivity index (χ3v) is 6.87. The Morgan fingerprint density at radius 2 is 1.77 bits per heavy atom. The zero-order valence-electron chi connectivity index (χ0n) is 15.5. The molecule has 0 aromatic heterocycles. The largest absolute Gasteiger partial charge is 0.493 e. The van der Waals surface area contributed by atoms with Crippen LogP contribution in [0.1, 0.15) is 35.2 Å². The van der Waals surface area contributed by atoms with Crippen LogP contribution in [-0.4, -0.2) is 35.1 Å². The zero-order chi connectivity index (χ0) is 18.3. The maximum Gasteiger partial charge on any atom is 0.122 e. The van der Waals surface area contributed by atoms with Crippen LogP contribution in [0.5, 0.6) is 5.75 Å². The van der Waals surface area contributed by atoms with Gasteiger partial charge in [-0.25, -0.2) is 8.99 Å². The van der Waals surface area contributed by atoms with Gasteiger partial charge in [0.05, 0.1) is 16.3 Å². The average Bonchev–Trinajstić information content (AvgIpc) is 2.98. The van der Waals surface area contributed by atoms with E-state index in [1.54, 1.807) is 0 Å². The number of benzene rings is 2. The fraction of sp³-hybridized carbons (Fsp3) is 0.429. The molecule has 2 aromatic rings. The summed E-state index contributed by atoms with van der Waals surface area (Å²) in [5.74, 6) is 1.05. The van der Waals surface area contributed by atoms with Gasteiger partial charge in [-0.15, -0.1) is 0 Å². The van der Waals surface area contributed by atoms with Crippen LogP contribution < -0.4 is 4.74 Å². The quantitative estimate of drug-likeness (QED) is 0.894. The minimum atomic E-state index is -2.65. The molecular formula is C21H26N2O2S. The molecule has 0 bridgehead atoms. The molecule has 0 saturated heterocycles. The van der Waals surface area contributed by atoms with Crippen LogP contribution in [0.15, 0.2) is 41.3 Å². The molecule has 0 saturated carbocycles. The molecule has 2 aromatic carbocycles. The summed E-state index contributed by atoms with van der Waals surface area (Å²) in [7, 11) is -2.65. The summed E-state index contributed by atoms with van der Waals surface area (Å²) >= 11 is 0. The predicted octanol–water partition coefficient (Wildman–Crippen LogP) is 3.82. The molecule has 1 N–H and O–H groups in total. The van der Waals surface area contributed by atoms with Gasteiger partial charge in [0.2, 0.25) is 0 Å². The average molecular weight is 371 g/mol. The van der Waals surface area contributed by atoms with Crippen molar-refractivity contribution in [2.75, 3.05) is 26.0 Å². The molecule has 4 rings (SSSR count). The maximum atomic E-state index is 12.1. The van der Waals surface area contributed by atoms with Gasteiger partial charge < -0.3 is 4.74 Å². The predicted molar refractivity (Wildman–Crippen MR) is 105 cm³/mol. The molecule has 0 radical (unpaired) electrons. The van der Waals surface area contributed by atoms with E-state index < -0.39 is 9.73 Å². The lowest BCUT2D eigenvalue weighted by Crippen LogP contribution is -2.29. The molecule has 4 nitrogen and oxygen atoms in total. The number of rotatable bonds is 3. The Bertz CT molecular complexity index is 937. The van der Waals surface area contributed by atoms with Crippen LogP contribution in [0.25, 0.3) is 0 Å². The molecule has 0 fully saturated rings. The van der Waals surface area contributed by atoms with Gasteiger partial charge in [-0.1, -0.05) is 18.2 Å². The molecule has 2 unspecified atom stereocenters. The Labute approximate surface area is 156 Å². The van der Waals surface area contributed by atoms with Gasteiger partial charge in [0, 0.05) is 36.7 Å². The Morgan fingerprint density at radius 3 is 2.54 bits per heavy atom. The van der Waals surface area contributed by atoms with Crippen molar-refractivity contribution in [3.63, 3.8) is 0 Å². The van der Waals surface area contributed by atoms with Gasteiger partial charge in [0.25, 0.3) is 0 Å². The minimum absolute atomic E-state index is 0.338. The third-order valence-electron chi connectivity index (χ3n) is 5.71. The van der Waals surface area contributed by atoms with Crippen molar-refractivity contribution in [3.8, 4) is 5.75 Å². The van der Waals surface area contributed by atoms with E-state index in [0.717, 1.165) is 44.7 Å². The molecule has 0 amide bonds. The van der Waals surface area contributed by atoms with E-state index >= 15 is 0 Å². The van der Waals surface area contributed by atoms with Crippen molar-refractivity contribution in [1.29, 1.82) is 4.78 Å². The van der Waals surface area contributed by atoms with Crippen molar-refractivity contribution in [2.45, 2.75) is 37.1 Å². The number of ether oxygens (including phenoxy) is 1. The van der Waals surface area contributed by atoms with Gasteiger partial charge in [-0.2, -0.15) is 0 Å². The van der Waals surface area contributed by atoms with Gasteiger partial charge in [-0.3, -0.25) is 4.90 Å². The van der Waals surface area contributed by atoms with Crippen LogP contribution in [0, 0.1) is 4.78 Å². The lowest BCUT2D eigenvalue weighted by atomic mass is 10.0. The number of nitrogens with zero attached hydrogens (tertiary/aromatic N) is 1. The normalized spacial score (nSPS) is 20.4. The lowest BCUT2D eigenvalue weighted by molar-refractivity contribution is 0.220. The number of hydrogen-bond acceptors (Lipinski definition) is 4. The number of fused-ring (bicyclic) bond motifs is 2. The molecule has 2 aliphatic rings. The zero-order valence-corrected chi connectivity index (χ0v) is 16.3. The van der Waals surface area contributed by atoms with E-state index in [-0.39, 0.29) is 0 Å². The van der Waals surface area contributed by atoms with E-state index in [1.807, 2.05) is 12.1 Å². The van der Waals surface area contributed by atoms with Crippen molar-refractivity contribution < 1.29 is 8.95 Å². The molecular weight excluding hydrogens is 344 g/mol. The summed E-state index contributed by atoms with van der Waals surface area (Å²) < 4.78 is 25.6. The topological polar surface area (TPSA) is 53.4 Å². The van der Waals surface area contributed by atoms with E-state index in [0.29, 0.717) is 10.9 Å². The Balaban J connectivity index is 1.53. The second-order valence-corrected chi connectivity index (χ2v) is 9.61. The first-order chi connectivity index (χ1) is 12.4. The summed E-state index contributed by atoms with van der Waals surface area (Å²) in [5, 5.41) is 0. The Hall–Kier alpha value is -1.85. The Morgan fingerprint density at radius 1 is 1.04 bits per heavy atom. The second-order valence-electron chi connectivity index (χ2n) is 7.45. The van der Waals surface area contributed by atoms with E-state index in [1.165, 1.54) is 28.5 Å². The molecule has 2 atom stereocenters. The molecule has 0 spiro atoms. The highest BCUT2D eigenvalue weighted by atomic mass is 32.2. The molecule has 2 aliphatic heterocycles. The summed E-state index contributed by atoms with van der Waals surface area (Å²) in [4.78, 5) is 3.16. The van der Waals surface area contributed by atoms with E-state index in [2.05, 4.69) is 36.1 Å². The molecule has 138 valence electrons. The van der Waals surface area contributed by atoms with Crippen LogP contribution in [0.4, 0.5) is 0 Å². The van der Waals surface area contributed by atoms with Crippen LogP contribution in [-0.2, 0) is 29.0 Å². The Kier molecular flexibility index (Phi) is 4.53. The first kappa shape index (κ1) is 17.6. The van der Waals surface area contributed by atoms with Gasteiger partial charge >= 0.3 is 0 Å². The summed E-state index contributed by atoms with van der Waals surface area (Å²) in [5.41, 5.74) is 5.19. The van der Waals surface area contributed by atoms with Gasteiger partial charge in [0.1, 0.15) is 5.75 Å². The van der Waals surface area contributed by atoms with Crippen LogP contribution in [0.2, 0.25) is 0 Å². The lowest BCUT2D eigenvalue weighted by Gasteiger charge is -2.28. The van der Waals surface area contributed by atoms with Crippen molar-refractivity contribution in [2.24, 2.45) is 0 Å². The second kappa shape index (κ2) is 6.71. The van der Waals surface area contributed by atoms with E-state index in [4.69, 9.17) is 9.52 Å². The smallest absolute Gasteiger partial charge is 0.122 e. The van der Waals surface area contributed by atoms with Crippen molar-refractivity contribution in [3.05, 3.63) is 58.7 Å². The number of nitrogens with one attached hydrogen (secondary N) is 1. The monoisotopic (exact) mass is 370 g/mol. The SMILES string of the molecule is CC(c1ccc2c(c1)OCC2)N1CCc2ccc(S(C)(=N)=O)cc2CC1. The minimum Gasteiger partial charge on any atom is -0.493 e. The summed E-state index contributed by atoms with van der Waals surface area (Å²) in [6.45, 7) is 5.04. The van der Waals surface area contributed by atoms with Crippen molar-refractivity contribution >= 4 is 9.73 Å². The highest BCUT2D eigenvalue weighted by Crippen LogP contribution is 2.31. The highest BCUT2D eigenvalue weighted by molar-refractivity contribution is 7.91. The van der Waals surface area contributed by atoms with Gasteiger partial charge in [0.15, 0.2) is 0 Å². The van der Waals surface area contributed by atoms with Crippen LogP contribution in [0.3, 0.4) is 0 Å². The third kappa shape index (κ3) is 3.38. The van der Waals surface area contributed by atoms with Gasteiger partial charge in [-0.05, 0) is 60.2 Å². The van der Waals surface area contributed by atoms with Crippen LogP contribution >= 0.6 is 0 Å².